The molecule has 2 aliphatic rings. The van der Waals surface area contributed by atoms with Crippen LogP contribution < -0.4 is 16.1 Å². The fourth-order valence-electron chi connectivity index (χ4n) is 3.37. The number of benzene rings is 3. The molecule has 30 heavy (non-hydrogen) atoms. The average Bonchev–Trinajstić information content (AvgIpc) is 2.72. The predicted octanol–water partition coefficient (Wildman–Crippen LogP) is 4.53. The van der Waals surface area contributed by atoms with Crippen LogP contribution in [0.15, 0.2) is 69.9 Å². The van der Waals surface area contributed by atoms with Crippen LogP contribution in [0.5, 0.6) is 5.75 Å². The first-order valence-electron chi connectivity index (χ1n) is 9.60. The van der Waals surface area contributed by atoms with Crippen LogP contribution >= 0.6 is 12.2 Å². The van der Waals surface area contributed by atoms with Crippen molar-refractivity contribution in [3.63, 3.8) is 0 Å². The SMILES string of the molecule is [B]CCCNC(=S)Nc1ccc(-c2c3ccc(=O)cc-3oc3cc(O)ccc23)cc1. The van der Waals surface area contributed by atoms with Crippen molar-refractivity contribution in [3.8, 4) is 28.2 Å². The van der Waals surface area contributed by atoms with Crippen molar-refractivity contribution < 1.29 is 9.52 Å². The molecule has 0 saturated carbocycles. The molecule has 0 saturated heterocycles. The van der Waals surface area contributed by atoms with Gasteiger partial charge in [0.25, 0.3) is 0 Å². The van der Waals surface area contributed by atoms with Gasteiger partial charge in [-0.1, -0.05) is 18.5 Å². The Hall–Kier alpha value is -3.32. The topological polar surface area (TPSA) is 74.5 Å². The zero-order valence-electron chi connectivity index (χ0n) is 16.1. The van der Waals surface area contributed by atoms with Crippen molar-refractivity contribution in [3.05, 3.63) is 70.9 Å². The average molecular weight is 414 g/mol. The maximum absolute atomic E-state index is 11.8. The largest absolute Gasteiger partial charge is 0.508 e. The number of hydrogen-bond donors (Lipinski definition) is 3. The number of hydrogen-bond acceptors (Lipinski definition) is 4. The normalized spacial score (nSPS) is 10.9. The van der Waals surface area contributed by atoms with Crippen molar-refractivity contribution >= 4 is 41.8 Å². The molecule has 1 aliphatic carbocycles. The van der Waals surface area contributed by atoms with Gasteiger partial charge in [0.1, 0.15) is 17.1 Å². The van der Waals surface area contributed by atoms with Crippen LogP contribution in [0.2, 0.25) is 6.32 Å². The summed E-state index contributed by atoms with van der Waals surface area (Å²) in [6, 6.07) is 17.6. The third kappa shape index (κ3) is 4.16. The van der Waals surface area contributed by atoms with E-state index in [9.17, 15) is 9.90 Å². The van der Waals surface area contributed by atoms with Crippen LogP contribution in [0, 0.1) is 0 Å². The summed E-state index contributed by atoms with van der Waals surface area (Å²) < 4.78 is 5.89. The fraction of sp³-hybridized carbons (Fsp3) is 0.130. The van der Waals surface area contributed by atoms with E-state index in [1.165, 1.54) is 12.1 Å². The lowest BCUT2D eigenvalue weighted by Gasteiger charge is -2.16. The van der Waals surface area contributed by atoms with E-state index in [1.807, 2.05) is 30.3 Å². The summed E-state index contributed by atoms with van der Waals surface area (Å²) in [4.78, 5) is 11.8. The molecule has 2 radical (unpaired) electrons. The van der Waals surface area contributed by atoms with E-state index in [-0.39, 0.29) is 11.2 Å². The van der Waals surface area contributed by atoms with Gasteiger partial charge in [-0.25, -0.2) is 0 Å². The third-order valence-electron chi connectivity index (χ3n) is 4.77. The molecule has 0 amide bonds. The number of anilines is 1. The molecule has 0 atom stereocenters. The molecular weight excluding hydrogens is 395 g/mol. The Kier molecular flexibility index (Phi) is 5.72. The highest BCUT2D eigenvalue weighted by Crippen LogP contribution is 2.40. The van der Waals surface area contributed by atoms with E-state index in [1.54, 1.807) is 18.2 Å². The standard InChI is InChI=1S/C23H19BN2O3S/c24-10-1-11-25-23(30)26-15-4-2-14(3-5-15)22-18-8-6-16(27)12-20(18)29-21-13-17(28)7-9-19(21)22/h2-9,12-13,27H,1,10-11H2,(H2,25,26,30). The Morgan fingerprint density at radius 2 is 1.87 bits per heavy atom. The lowest BCUT2D eigenvalue weighted by atomic mass is 9.93. The second-order valence-electron chi connectivity index (χ2n) is 6.92. The Morgan fingerprint density at radius 3 is 2.63 bits per heavy atom. The van der Waals surface area contributed by atoms with E-state index in [2.05, 4.69) is 10.6 Å². The van der Waals surface area contributed by atoms with E-state index in [0.717, 1.165) is 40.7 Å². The summed E-state index contributed by atoms with van der Waals surface area (Å²) in [6.45, 7) is 0.723. The van der Waals surface area contributed by atoms with E-state index in [0.29, 0.717) is 22.8 Å². The molecule has 7 heteroatoms. The lowest BCUT2D eigenvalue weighted by Crippen LogP contribution is -2.29. The minimum atomic E-state index is -0.133. The van der Waals surface area contributed by atoms with Crippen molar-refractivity contribution in [2.45, 2.75) is 12.7 Å². The number of fused-ring (bicyclic) bond motifs is 2. The minimum absolute atomic E-state index is 0.102. The Morgan fingerprint density at radius 1 is 1.07 bits per heavy atom. The smallest absolute Gasteiger partial charge is 0.182 e. The molecule has 4 rings (SSSR count). The molecule has 5 nitrogen and oxygen atoms in total. The second kappa shape index (κ2) is 8.59. The first-order chi connectivity index (χ1) is 14.5. The molecule has 0 spiro atoms. The van der Waals surface area contributed by atoms with E-state index in [4.69, 9.17) is 24.5 Å². The fourth-order valence-corrected chi connectivity index (χ4v) is 3.59. The number of phenols is 1. The number of rotatable bonds is 5. The molecule has 0 unspecified atom stereocenters. The maximum atomic E-state index is 11.8. The van der Waals surface area contributed by atoms with Crippen molar-refractivity contribution in [2.75, 3.05) is 11.9 Å². The Balaban J connectivity index is 1.73. The van der Waals surface area contributed by atoms with Crippen molar-refractivity contribution in [1.82, 2.24) is 5.32 Å². The molecule has 0 bridgehead atoms. The number of thiocarbonyl (C=S) groups is 1. The molecule has 148 valence electrons. The number of phenolic OH excluding ortho intramolecular Hbond substituents is 1. The summed E-state index contributed by atoms with van der Waals surface area (Å²) in [7, 11) is 5.49. The summed E-state index contributed by atoms with van der Waals surface area (Å²) in [6.07, 6.45) is 1.46. The van der Waals surface area contributed by atoms with Gasteiger partial charge >= 0.3 is 0 Å². The molecule has 2 aromatic carbocycles. The lowest BCUT2D eigenvalue weighted by molar-refractivity contribution is 0.474. The molecule has 0 fully saturated rings. The number of aromatic hydroxyl groups is 1. The zero-order chi connectivity index (χ0) is 21.1. The summed E-state index contributed by atoms with van der Waals surface area (Å²) in [5.41, 5.74) is 3.95. The van der Waals surface area contributed by atoms with Crippen LogP contribution in [0.3, 0.4) is 0 Å². The predicted molar refractivity (Wildman–Crippen MR) is 126 cm³/mol. The summed E-state index contributed by atoms with van der Waals surface area (Å²) in [5, 5.41) is 17.5. The van der Waals surface area contributed by atoms with E-state index < -0.39 is 0 Å². The highest BCUT2D eigenvalue weighted by atomic mass is 32.1. The van der Waals surface area contributed by atoms with Gasteiger partial charge in [0.2, 0.25) is 0 Å². The van der Waals surface area contributed by atoms with Gasteiger partial charge in [0.05, 0.1) is 7.85 Å². The minimum Gasteiger partial charge on any atom is -0.508 e. The van der Waals surface area contributed by atoms with Gasteiger partial charge in [-0.3, -0.25) is 4.79 Å². The Bertz CT molecular complexity index is 1240. The quantitative estimate of drug-likeness (QED) is 0.193. The van der Waals surface area contributed by atoms with Crippen LogP contribution in [0.25, 0.3) is 33.4 Å². The molecule has 3 N–H and O–H groups in total. The van der Waals surface area contributed by atoms with Gasteiger partial charge in [-0.05, 0) is 60.6 Å². The molecule has 2 aromatic rings. The van der Waals surface area contributed by atoms with Crippen LogP contribution in [0.1, 0.15) is 6.42 Å². The highest BCUT2D eigenvalue weighted by Gasteiger charge is 2.17. The monoisotopic (exact) mass is 414 g/mol. The van der Waals surface area contributed by atoms with Crippen LogP contribution in [-0.2, 0) is 0 Å². The van der Waals surface area contributed by atoms with Gasteiger partial charge in [0.15, 0.2) is 10.5 Å². The van der Waals surface area contributed by atoms with Gasteiger partial charge in [0, 0.05) is 40.9 Å². The number of nitrogens with one attached hydrogen (secondary N) is 2. The van der Waals surface area contributed by atoms with Gasteiger partial charge in [-0.15, -0.1) is 0 Å². The first-order valence-corrected chi connectivity index (χ1v) is 10.0. The van der Waals surface area contributed by atoms with Crippen molar-refractivity contribution in [1.29, 1.82) is 0 Å². The van der Waals surface area contributed by atoms with Gasteiger partial charge < -0.3 is 20.2 Å². The highest BCUT2D eigenvalue weighted by molar-refractivity contribution is 7.80. The molecule has 0 aromatic heterocycles. The van der Waals surface area contributed by atoms with Crippen LogP contribution in [0.4, 0.5) is 5.69 Å². The molecule has 1 heterocycles. The van der Waals surface area contributed by atoms with Gasteiger partial charge in [-0.2, -0.15) is 0 Å². The Labute approximate surface area is 180 Å². The van der Waals surface area contributed by atoms with Crippen LogP contribution in [-0.4, -0.2) is 24.6 Å². The summed E-state index contributed by atoms with van der Waals surface area (Å²) >= 11 is 5.30. The maximum Gasteiger partial charge on any atom is 0.182 e. The van der Waals surface area contributed by atoms with Crippen molar-refractivity contribution in [2.24, 2.45) is 0 Å². The second-order valence-corrected chi connectivity index (χ2v) is 7.32. The van der Waals surface area contributed by atoms with E-state index >= 15 is 0 Å². The first kappa shape index (κ1) is 20.0. The molecular formula is C23H19BN2O3S. The summed E-state index contributed by atoms with van der Waals surface area (Å²) in [5.74, 6) is 0.577. The molecule has 1 aliphatic heterocycles. The third-order valence-corrected chi connectivity index (χ3v) is 5.02. The zero-order valence-corrected chi connectivity index (χ0v) is 17.0.